The molecule has 0 unspecified atom stereocenters. The van der Waals surface area contributed by atoms with Crippen molar-refractivity contribution in [1.82, 2.24) is 0 Å². The maximum absolute atomic E-state index is 2.16. The Kier molecular flexibility index (Phi) is 8.24. The summed E-state index contributed by atoms with van der Waals surface area (Å²) in [5.74, 6) is 0. The minimum absolute atomic E-state index is 1.25. The molecule has 16 heavy (non-hydrogen) atoms. The largest absolute Gasteiger partial charge is 0.0871 e. The third kappa shape index (κ3) is 5.55. The SMILES string of the molecule is C/C=C\C(=C/C)c1ccc(C)cc1.CCC. The van der Waals surface area contributed by atoms with Gasteiger partial charge in [-0.1, -0.05) is 68.3 Å². The summed E-state index contributed by atoms with van der Waals surface area (Å²) in [6, 6.07) is 8.60. The fraction of sp³-hybridized carbons (Fsp3) is 0.375. The van der Waals surface area contributed by atoms with Crippen LogP contribution in [0.2, 0.25) is 0 Å². The second-order valence-electron chi connectivity index (χ2n) is 3.82. The lowest BCUT2D eigenvalue weighted by atomic mass is 10.0. The van der Waals surface area contributed by atoms with Crippen molar-refractivity contribution in [1.29, 1.82) is 0 Å². The lowest BCUT2D eigenvalue weighted by Gasteiger charge is -2.01. The number of hydrogen-bond acceptors (Lipinski definition) is 0. The molecule has 0 nitrogen and oxygen atoms in total. The van der Waals surface area contributed by atoms with E-state index in [0.29, 0.717) is 0 Å². The van der Waals surface area contributed by atoms with Crippen LogP contribution in [0.25, 0.3) is 5.57 Å². The van der Waals surface area contributed by atoms with Crippen molar-refractivity contribution >= 4 is 5.57 Å². The first kappa shape index (κ1) is 14.7. The maximum Gasteiger partial charge on any atom is -0.0187 e. The molecule has 0 radical (unpaired) electrons. The summed E-state index contributed by atoms with van der Waals surface area (Å²) in [7, 11) is 0. The summed E-state index contributed by atoms with van der Waals surface area (Å²) in [6.07, 6.45) is 7.57. The van der Waals surface area contributed by atoms with Crippen molar-refractivity contribution in [2.24, 2.45) is 0 Å². The van der Waals surface area contributed by atoms with Crippen molar-refractivity contribution in [3.05, 3.63) is 53.6 Å². The first-order chi connectivity index (χ1) is 7.69. The molecule has 0 fully saturated rings. The van der Waals surface area contributed by atoms with Crippen molar-refractivity contribution in [2.45, 2.75) is 41.0 Å². The molecule has 0 aromatic heterocycles. The molecular formula is C16H24. The Morgan fingerprint density at radius 2 is 1.56 bits per heavy atom. The molecule has 0 amide bonds. The third-order valence-electron chi connectivity index (χ3n) is 2.04. The van der Waals surface area contributed by atoms with Gasteiger partial charge in [0.1, 0.15) is 0 Å². The van der Waals surface area contributed by atoms with Gasteiger partial charge in [0.25, 0.3) is 0 Å². The summed E-state index contributed by atoms with van der Waals surface area (Å²) in [6.45, 7) is 10.5. The standard InChI is InChI=1S/C13H16.C3H8/c1-4-6-12(5-2)13-9-7-11(3)8-10-13;1-3-2/h4-10H,1-3H3;3H2,1-2H3/b6-4-,12-5+;. The van der Waals surface area contributed by atoms with Crippen molar-refractivity contribution in [2.75, 3.05) is 0 Å². The summed E-state index contributed by atoms with van der Waals surface area (Å²) < 4.78 is 0. The number of benzene rings is 1. The van der Waals surface area contributed by atoms with Crippen LogP contribution < -0.4 is 0 Å². The molecule has 0 heterocycles. The minimum Gasteiger partial charge on any atom is -0.0871 e. The van der Waals surface area contributed by atoms with Crippen LogP contribution in [0.15, 0.2) is 42.5 Å². The van der Waals surface area contributed by atoms with Crippen LogP contribution in [0, 0.1) is 6.92 Å². The lowest BCUT2D eigenvalue weighted by molar-refractivity contribution is 1.09. The summed E-state index contributed by atoms with van der Waals surface area (Å²) in [5, 5.41) is 0. The zero-order chi connectivity index (χ0) is 12.4. The van der Waals surface area contributed by atoms with E-state index < -0.39 is 0 Å². The second-order valence-corrected chi connectivity index (χ2v) is 3.82. The average Bonchev–Trinajstić information content (AvgIpc) is 2.28. The number of rotatable bonds is 2. The quantitative estimate of drug-likeness (QED) is 0.581. The predicted octanol–water partition coefficient (Wildman–Crippen LogP) is 5.39. The van der Waals surface area contributed by atoms with Crippen LogP contribution in [0.1, 0.15) is 45.2 Å². The third-order valence-corrected chi connectivity index (χ3v) is 2.04. The Bertz CT molecular complexity index is 326. The molecule has 0 aliphatic carbocycles. The number of aryl methyl sites for hydroxylation is 1. The van der Waals surface area contributed by atoms with Crippen molar-refractivity contribution in [3.63, 3.8) is 0 Å². The molecule has 0 N–H and O–H groups in total. The molecule has 1 aromatic rings. The lowest BCUT2D eigenvalue weighted by Crippen LogP contribution is -1.80. The van der Waals surface area contributed by atoms with Gasteiger partial charge in [0.2, 0.25) is 0 Å². The molecule has 0 saturated carbocycles. The highest BCUT2D eigenvalue weighted by atomic mass is 14.0. The van der Waals surface area contributed by atoms with E-state index in [4.69, 9.17) is 0 Å². The van der Waals surface area contributed by atoms with E-state index >= 15 is 0 Å². The zero-order valence-electron chi connectivity index (χ0n) is 11.2. The van der Waals surface area contributed by atoms with E-state index in [1.54, 1.807) is 0 Å². The van der Waals surface area contributed by atoms with Crippen LogP contribution in [0.3, 0.4) is 0 Å². The number of hydrogen-bond donors (Lipinski definition) is 0. The summed E-state index contributed by atoms with van der Waals surface area (Å²) in [4.78, 5) is 0. The van der Waals surface area contributed by atoms with E-state index in [1.807, 2.05) is 6.92 Å². The van der Waals surface area contributed by atoms with Crippen molar-refractivity contribution < 1.29 is 0 Å². The van der Waals surface area contributed by atoms with E-state index in [2.05, 4.69) is 70.2 Å². The molecule has 0 heteroatoms. The van der Waals surface area contributed by atoms with Gasteiger partial charge in [-0.25, -0.2) is 0 Å². The van der Waals surface area contributed by atoms with E-state index in [0.717, 1.165) is 0 Å². The van der Waals surface area contributed by atoms with Gasteiger partial charge in [0, 0.05) is 0 Å². The molecule has 1 rings (SSSR count). The molecule has 0 atom stereocenters. The van der Waals surface area contributed by atoms with Gasteiger partial charge < -0.3 is 0 Å². The highest BCUT2D eigenvalue weighted by molar-refractivity contribution is 5.73. The fourth-order valence-corrected chi connectivity index (χ4v) is 1.28. The minimum atomic E-state index is 1.25. The Hall–Kier alpha value is -1.30. The average molecular weight is 216 g/mol. The van der Waals surface area contributed by atoms with Crippen LogP contribution >= 0.6 is 0 Å². The molecule has 1 aromatic carbocycles. The summed E-state index contributed by atoms with van der Waals surface area (Å²) in [5.41, 5.74) is 3.87. The Morgan fingerprint density at radius 3 is 1.94 bits per heavy atom. The second kappa shape index (κ2) is 8.96. The van der Waals surface area contributed by atoms with Crippen LogP contribution in [-0.4, -0.2) is 0 Å². The zero-order valence-corrected chi connectivity index (χ0v) is 11.2. The van der Waals surface area contributed by atoms with E-state index in [9.17, 15) is 0 Å². The van der Waals surface area contributed by atoms with Gasteiger partial charge in [-0.05, 0) is 31.9 Å². The normalized spacial score (nSPS) is 11.2. The van der Waals surface area contributed by atoms with Gasteiger partial charge >= 0.3 is 0 Å². The first-order valence-electron chi connectivity index (χ1n) is 6.05. The molecule has 0 bridgehead atoms. The smallest absolute Gasteiger partial charge is 0.0187 e. The molecule has 0 saturated heterocycles. The van der Waals surface area contributed by atoms with E-state index in [1.165, 1.54) is 23.1 Å². The van der Waals surface area contributed by atoms with Crippen LogP contribution in [-0.2, 0) is 0 Å². The van der Waals surface area contributed by atoms with Gasteiger partial charge in [-0.3, -0.25) is 0 Å². The highest BCUT2D eigenvalue weighted by Gasteiger charge is 1.94. The molecular weight excluding hydrogens is 192 g/mol. The van der Waals surface area contributed by atoms with Crippen LogP contribution in [0.4, 0.5) is 0 Å². The van der Waals surface area contributed by atoms with Crippen LogP contribution in [0.5, 0.6) is 0 Å². The maximum atomic E-state index is 2.16. The van der Waals surface area contributed by atoms with Gasteiger partial charge in [0.05, 0.1) is 0 Å². The monoisotopic (exact) mass is 216 g/mol. The predicted molar refractivity (Wildman–Crippen MR) is 75.6 cm³/mol. The summed E-state index contributed by atoms with van der Waals surface area (Å²) >= 11 is 0. The molecule has 88 valence electrons. The fourth-order valence-electron chi connectivity index (χ4n) is 1.28. The van der Waals surface area contributed by atoms with Gasteiger partial charge in [-0.2, -0.15) is 0 Å². The molecule has 0 aliphatic heterocycles. The van der Waals surface area contributed by atoms with Crippen molar-refractivity contribution in [3.8, 4) is 0 Å². The Balaban J connectivity index is 0.000000673. The first-order valence-corrected chi connectivity index (χ1v) is 6.05. The van der Waals surface area contributed by atoms with E-state index in [-0.39, 0.29) is 0 Å². The Labute approximate surface area is 101 Å². The number of allylic oxidation sites excluding steroid dienone is 4. The molecule has 0 spiro atoms. The van der Waals surface area contributed by atoms with Gasteiger partial charge in [-0.15, -0.1) is 0 Å². The molecule has 0 aliphatic rings. The van der Waals surface area contributed by atoms with Gasteiger partial charge in [0.15, 0.2) is 0 Å². The topological polar surface area (TPSA) is 0 Å². The Morgan fingerprint density at radius 1 is 1.06 bits per heavy atom. The highest BCUT2D eigenvalue weighted by Crippen LogP contribution is 2.16.